The lowest BCUT2D eigenvalue weighted by Crippen LogP contribution is -2.35. The summed E-state index contributed by atoms with van der Waals surface area (Å²) < 4.78 is 0. The van der Waals surface area contributed by atoms with Crippen molar-refractivity contribution in [3.05, 3.63) is 0 Å². The summed E-state index contributed by atoms with van der Waals surface area (Å²) in [5.41, 5.74) is 0. The van der Waals surface area contributed by atoms with Crippen LogP contribution in [0, 0.1) is 5.92 Å². The minimum atomic E-state index is 0.626. The maximum atomic E-state index is 3.65. The summed E-state index contributed by atoms with van der Waals surface area (Å²) in [6, 6.07) is 1.36. The van der Waals surface area contributed by atoms with Crippen LogP contribution in [0.2, 0.25) is 0 Å². The van der Waals surface area contributed by atoms with Crippen molar-refractivity contribution in [2.75, 3.05) is 0 Å². The lowest BCUT2D eigenvalue weighted by molar-refractivity contribution is 0.365. The normalized spacial score (nSPS) is 14.1. The van der Waals surface area contributed by atoms with Gasteiger partial charge in [0.05, 0.1) is 0 Å². The zero-order valence-electron chi connectivity index (χ0n) is 10.1. The van der Waals surface area contributed by atoms with Crippen LogP contribution in [-0.4, -0.2) is 12.1 Å². The first-order chi connectivity index (χ1) is 6.06. The zero-order valence-corrected chi connectivity index (χ0v) is 10.1. The number of hydrogen-bond acceptors (Lipinski definition) is 1. The Morgan fingerprint density at radius 1 is 1.08 bits per heavy atom. The van der Waals surface area contributed by atoms with E-state index in [2.05, 4.69) is 39.9 Å². The maximum absolute atomic E-state index is 3.65. The smallest absolute Gasteiger partial charge is 0.00718 e. The second-order valence-corrected chi connectivity index (χ2v) is 4.79. The van der Waals surface area contributed by atoms with Gasteiger partial charge in [0.2, 0.25) is 0 Å². The molecule has 0 saturated heterocycles. The molecular formula is C12H27N. The third-order valence-corrected chi connectivity index (χ3v) is 2.23. The van der Waals surface area contributed by atoms with Gasteiger partial charge in [0, 0.05) is 12.1 Å². The minimum Gasteiger partial charge on any atom is -0.312 e. The molecule has 0 aliphatic rings. The summed E-state index contributed by atoms with van der Waals surface area (Å²) in [6.45, 7) is 11.3. The summed E-state index contributed by atoms with van der Waals surface area (Å²) in [5, 5.41) is 3.65. The predicted octanol–water partition coefficient (Wildman–Crippen LogP) is 3.59. The van der Waals surface area contributed by atoms with Crippen LogP contribution in [0.3, 0.4) is 0 Å². The largest absolute Gasteiger partial charge is 0.312 e. The third-order valence-electron chi connectivity index (χ3n) is 2.23. The molecule has 0 aliphatic carbocycles. The van der Waals surface area contributed by atoms with Gasteiger partial charge in [-0.05, 0) is 18.8 Å². The zero-order chi connectivity index (χ0) is 10.3. The predicted molar refractivity (Wildman–Crippen MR) is 61.0 cm³/mol. The topological polar surface area (TPSA) is 12.0 Å². The lowest BCUT2D eigenvalue weighted by atomic mass is 9.98. The van der Waals surface area contributed by atoms with E-state index in [4.69, 9.17) is 0 Å². The van der Waals surface area contributed by atoms with Gasteiger partial charge in [-0.1, -0.05) is 47.5 Å². The Morgan fingerprint density at radius 2 is 1.69 bits per heavy atom. The summed E-state index contributed by atoms with van der Waals surface area (Å²) >= 11 is 0. The van der Waals surface area contributed by atoms with Crippen LogP contribution in [0.25, 0.3) is 0 Å². The highest BCUT2D eigenvalue weighted by atomic mass is 14.9. The first-order valence-electron chi connectivity index (χ1n) is 5.82. The van der Waals surface area contributed by atoms with Crippen molar-refractivity contribution in [2.45, 2.75) is 72.4 Å². The highest BCUT2D eigenvalue weighted by molar-refractivity contribution is 4.70. The van der Waals surface area contributed by atoms with Crippen molar-refractivity contribution < 1.29 is 0 Å². The summed E-state index contributed by atoms with van der Waals surface area (Å²) in [5.74, 6) is 0.813. The Kier molecular flexibility index (Phi) is 7.35. The molecule has 0 rings (SSSR count). The van der Waals surface area contributed by atoms with Gasteiger partial charge in [0.1, 0.15) is 0 Å². The van der Waals surface area contributed by atoms with Crippen LogP contribution in [0.5, 0.6) is 0 Å². The quantitative estimate of drug-likeness (QED) is 0.639. The van der Waals surface area contributed by atoms with Crippen molar-refractivity contribution in [1.29, 1.82) is 0 Å². The van der Waals surface area contributed by atoms with Gasteiger partial charge in [0.25, 0.3) is 0 Å². The highest BCUT2D eigenvalue weighted by Crippen LogP contribution is 2.11. The Bertz CT molecular complexity index is 97.7. The second kappa shape index (κ2) is 7.37. The van der Waals surface area contributed by atoms with Gasteiger partial charge in [-0.15, -0.1) is 0 Å². The molecule has 0 radical (unpaired) electrons. The van der Waals surface area contributed by atoms with Crippen LogP contribution >= 0.6 is 0 Å². The Labute approximate surface area is 84.3 Å². The van der Waals surface area contributed by atoms with Gasteiger partial charge in [-0.25, -0.2) is 0 Å². The molecule has 0 bridgehead atoms. The fourth-order valence-corrected chi connectivity index (χ4v) is 1.76. The van der Waals surface area contributed by atoms with E-state index in [1.54, 1.807) is 0 Å². The molecule has 1 atom stereocenters. The molecular weight excluding hydrogens is 158 g/mol. The van der Waals surface area contributed by atoms with Crippen molar-refractivity contribution in [3.8, 4) is 0 Å². The average molecular weight is 185 g/mol. The summed E-state index contributed by atoms with van der Waals surface area (Å²) in [6.07, 6.45) is 5.33. The fraction of sp³-hybridized carbons (Fsp3) is 1.00. The first kappa shape index (κ1) is 13.0. The molecule has 0 amide bonds. The van der Waals surface area contributed by atoms with E-state index in [1.807, 2.05) is 0 Å². The van der Waals surface area contributed by atoms with Crippen molar-refractivity contribution in [1.82, 2.24) is 5.32 Å². The standard InChI is InChI=1S/C12H27N/c1-6-7-8-12(9-10(2)3)13-11(4)5/h10-13H,6-9H2,1-5H3/t12-/m0/s1. The monoisotopic (exact) mass is 185 g/mol. The van der Waals surface area contributed by atoms with E-state index >= 15 is 0 Å². The molecule has 0 fully saturated rings. The number of unbranched alkanes of at least 4 members (excludes halogenated alkanes) is 1. The van der Waals surface area contributed by atoms with Crippen LogP contribution < -0.4 is 5.32 Å². The molecule has 0 heterocycles. The molecule has 0 aromatic rings. The van der Waals surface area contributed by atoms with E-state index < -0.39 is 0 Å². The maximum Gasteiger partial charge on any atom is 0.00718 e. The van der Waals surface area contributed by atoms with Crippen LogP contribution in [0.1, 0.15) is 60.3 Å². The van der Waals surface area contributed by atoms with Crippen LogP contribution in [-0.2, 0) is 0 Å². The van der Waals surface area contributed by atoms with Gasteiger partial charge in [-0.2, -0.15) is 0 Å². The number of rotatable bonds is 7. The van der Waals surface area contributed by atoms with Gasteiger partial charge in [0.15, 0.2) is 0 Å². The second-order valence-electron chi connectivity index (χ2n) is 4.79. The van der Waals surface area contributed by atoms with Crippen LogP contribution in [0.15, 0.2) is 0 Å². The molecule has 1 heteroatoms. The molecule has 0 spiro atoms. The number of hydrogen-bond donors (Lipinski definition) is 1. The van der Waals surface area contributed by atoms with Gasteiger partial charge in [-0.3, -0.25) is 0 Å². The van der Waals surface area contributed by atoms with E-state index in [1.165, 1.54) is 25.7 Å². The molecule has 1 nitrogen and oxygen atoms in total. The van der Waals surface area contributed by atoms with Gasteiger partial charge >= 0.3 is 0 Å². The third kappa shape index (κ3) is 8.29. The Balaban J connectivity index is 3.73. The molecule has 0 aliphatic heterocycles. The lowest BCUT2D eigenvalue weighted by Gasteiger charge is -2.22. The molecule has 0 saturated carbocycles. The van der Waals surface area contributed by atoms with E-state index in [0.717, 1.165) is 12.0 Å². The Morgan fingerprint density at radius 3 is 2.08 bits per heavy atom. The fourth-order valence-electron chi connectivity index (χ4n) is 1.76. The van der Waals surface area contributed by atoms with Crippen molar-refractivity contribution in [3.63, 3.8) is 0 Å². The highest BCUT2D eigenvalue weighted by Gasteiger charge is 2.10. The van der Waals surface area contributed by atoms with Crippen LogP contribution in [0.4, 0.5) is 0 Å². The molecule has 1 N–H and O–H groups in total. The van der Waals surface area contributed by atoms with Gasteiger partial charge < -0.3 is 5.32 Å². The molecule has 13 heavy (non-hydrogen) atoms. The summed E-state index contributed by atoms with van der Waals surface area (Å²) in [4.78, 5) is 0. The van der Waals surface area contributed by atoms with Crippen molar-refractivity contribution >= 4 is 0 Å². The molecule has 0 aromatic carbocycles. The summed E-state index contributed by atoms with van der Waals surface area (Å²) in [7, 11) is 0. The Hall–Kier alpha value is -0.0400. The average Bonchev–Trinajstić information content (AvgIpc) is 1.98. The minimum absolute atomic E-state index is 0.626. The van der Waals surface area contributed by atoms with Crippen molar-refractivity contribution in [2.24, 2.45) is 5.92 Å². The van der Waals surface area contributed by atoms with E-state index in [-0.39, 0.29) is 0 Å². The molecule has 0 unspecified atom stereocenters. The number of nitrogens with one attached hydrogen (secondary N) is 1. The SMILES string of the molecule is CCCC[C@@H](CC(C)C)NC(C)C. The van der Waals surface area contributed by atoms with E-state index in [9.17, 15) is 0 Å². The molecule has 80 valence electrons. The molecule has 0 aromatic heterocycles. The first-order valence-corrected chi connectivity index (χ1v) is 5.82. The van der Waals surface area contributed by atoms with E-state index in [0.29, 0.717) is 6.04 Å².